The van der Waals surface area contributed by atoms with Crippen LogP contribution in [0.3, 0.4) is 0 Å². The van der Waals surface area contributed by atoms with Crippen molar-refractivity contribution in [3.8, 4) is 11.8 Å². The molecule has 0 saturated heterocycles. The first kappa shape index (κ1) is 16.0. The molecule has 3 nitrogen and oxygen atoms in total. The molecule has 3 heteroatoms. The maximum atomic E-state index is 9.33. The Morgan fingerprint density at radius 1 is 1.19 bits per heavy atom. The van der Waals surface area contributed by atoms with E-state index in [4.69, 9.17) is 10.8 Å². The summed E-state index contributed by atoms with van der Waals surface area (Å²) in [5.74, 6) is 6.74. The Morgan fingerprint density at radius 2 is 1.95 bits per heavy atom. The highest BCUT2D eigenvalue weighted by molar-refractivity contribution is 5.37. The topological polar surface area (TPSA) is 66.5 Å². The van der Waals surface area contributed by atoms with Gasteiger partial charge in [-0.25, -0.2) is 0 Å². The normalized spacial score (nSPS) is 24.6. The summed E-state index contributed by atoms with van der Waals surface area (Å²) < 4.78 is 0. The second-order valence-corrected chi connectivity index (χ2v) is 6.06. The summed E-state index contributed by atoms with van der Waals surface area (Å²) in [4.78, 5) is 0. The van der Waals surface area contributed by atoms with E-state index >= 15 is 0 Å². The molecule has 2 atom stereocenters. The quantitative estimate of drug-likeness (QED) is 0.574. The van der Waals surface area contributed by atoms with Crippen LogP contribution in [0.5, 0.6) is 0 Å². The van der Waals surface area contributed by atoms with Gasteiger partial charge >= 0.3 is 0 Å². The Kier molecular flexibility index (Phi) is 5.81. The fourth-order valence-corrected chi connectivity index (χ4v) is 2.91. The van der Waals surface area contributed by atoms with Gasteiger partial charge in [0.25, 0.3) is 0 Å². The smallest absolute Gasteiger partial charge is 0.0611 e. The molecule has 1 aromatic carbocycles. The molecule has 4 N–H and O–H groups in total. The van der Waals surface area contributed by atoms with Gasteiger partial charge in [-0.1, -0.05) is 24.0 Å². The summed E-state index contributed by atoms with van der Waals surface area (Å²) in [6, 6.07) is 8.38. The summed E-state index contributed by atoms with van der Waals surface area (Å²) >= 11 is 0. The summed E-state index contributed by atoms with van der Waals surface area (Å²) in [7, 11) is 0. The maximum absolute atomic E-state index is 9.33. The zero-order valence-electron chi connectivity index (χ0n) is 12.5. The van der Waals surface area contributed by atoms with Gasteiger partial charge in [0.15, 0.2) is 0 Å². The Bertz CT molecular complexity index is 500. The molecule has 0 spiro atoms. The van der Waals surface area contributed by atoms with Crippen LogP contribution in [0.15, 0.2) is 24.3 Å². The van der Waals surface area contributed by atoms with E-state index < -0.39 is 5.54 Å². The van der Waals surface area contributed by atoms with Crippen LogP contribution in [0.25, 0.3) is 0 Å². The van der Waals surface area contributed by atoms with Crippen molar-refractivity contribution in [2.45, 2.75) is 50.0 Å². The van der Waals surface area contributed by atoms with Crippen LogP contribution < -0.4 is 5.73 Å². The average molecular weight is 287 g/mol. The molecule has 0 amide bonds. The second kappa shape index (κ2) is 7.61. The third-order valence-corrected chi connectivity index (χ3v) is 4.28. The molecule has 0 radical (unpaired) electrons. The van der Waals surface area contributed by atoms with E-state index in [2.05, 4.69) is 36.1 Å². The minimum atomic E-state index is -0.393. The fraction of sp³-hybridized carbons (Fsp3) is 0.556. The van der Waals surface area contributed by atoms with Gasteiger partial charge in [0.05, 0.1) is 6.61 Å². The van der Waals surface area contributed by atoms with Crippen molar-refractivity contribution >= 4 is 0 Å². The summed E-state index contributed by atoms with van der Waals surface area (Å²) in [6.07, 6.45) is 5.39. The molecule has 1 aliphatic carbocycles. The number of unbranched alkanes of at least 4 members (excludes halogenated alkanes) is 2. The van der Waals surface area contributed by atoms with Crippen LogP contribution in [0.4, 0.5) is 0 Å². The number of hydrogen-bond donors (Lipinski definition) is 3. The highest BCUT2D eigenvalue weighted by atomic mass is 16.3. The number of benzene rings is 1. The predicted octanol–water partition coefficient (Wildman–Crippen LogP) is 2.16. The molecule has 1 fully saturated rings. The Balaban J connectivity index is 1.91. The van der Waals surface area contributed by atoms with E-state index in [9.17, 15) is 5.11 Å². The Morgan fingerprint density at radius 3 is 2.57 bits per heavy atom. The van der Waals surface area contributed by atoms with Gasteiger partial charge < -0.3 is 15.9 Å². The summed E-state index contributed by atoms with van der Waals surface area (Å²) in [6.45, 7) is 0.315. The first-order valence-corrected chi connectivity index (χ1v) is 7.76. The largest absolute Gasteiger partial charge is 0.396 e. The van der Waals surface area contributed by atoms with Crippen LogP contribution in [0, 0.1) is 11.8 Å². The summed E-state index contributed by atoms with van der Waals surface area (Å²) in [5.41, 5.74) is 8.06. The first-order valence-electron chi connectivity index (χ1n) is 7.76. The molecule has 1 saturated carbocycles. The van der Waals surface area contributed by atoms with Crippen LogP contribution in [0.1, 0.15) is 55.6 Å². The molecule has 0 aliphatic heterocycles. The highest BCUT2D eigenvalue weighted by Crippen LogP contribution is 2.39. The van der Waals surface area contributed by atoms with Crippen molar-refractivity contribution in [2.75, 3.05) is 13.2 Å². The van der Waals surface area contributed by atoms with Crippen LogP contribution in [-0.4, -0.2) is 29.0 Å². The molecule has 0 aromatic heterocycles. The van der Waals surface area contributed by atoms with Crippen LogP contribution in [0.2, 0.25) is 0 Å². The average Bonchev–Trinajstić information content (AvgIpc) is 2.91. The molecular formula is C18H25NO2. The molecule has 0 heterocycles. The van der Waals surface area contributed by atoms with Gasteiger partial charge in [-0.3, -0.25) is 0 Å². The van der Waals surface area contributed by atoms with E-state index in [1.807, 2.05) is 0 Å². The minimum Gasteiger partial charge on any atom is -0.396 e. The number of aliphatic hydroxyl groups excluding tert-OH is 2. The third-order valence-electron chi connectivity index (χ3n) is 4.28. The SMILES string of the molecule is N[C@]1(CO)CCC(c2ccc(C#CCCCCO)cc2)C1. The number of rotatable bonds is 5. The van der Waals surface area contributed by atoms with Crippen molar-refractivity contribution in [2.24, 2.45) is 5.73 Å². The van der Waals surface area contributed by atoms with Gasteiger partial charge in [0, 0.05) is 24.1 Å². The molecule has 2 rings (SSSR count). The maximum Gasteiger partial charge on any atom is 0.0611 e. The molecular weight excluding hydrogens is 262 g/mol. The Labute approximate surface area is 127 Å². The van der Waals surface area contributed by atoms with E-state index in [-0.39, 0.29) is 13.2 Å². The molecule has 1 aliphatic rings. The van der Waals surface area contributed by atoms with Gasteiger partial charge in [-0.15, -0.1) is 0 Å². The number of nitrogens with two attached hydrogens (primary N) is 1. The lowest BCUT2D eigenvalue weighted by Gasteiger charge is -2.20. The van der Waals surface area contributed by atoms with Gasteiger partial charge in [-0.05, 0) is 55.7 Å². The van der Waals surface area contributed by atoms with Crippen molar-refractivity contribution in [1.82, 2.24) is 0 Å². The molecule has 1 unspecified atom stereocenters. The molecule has 114 valence electrons. The number of aliphatic hydroxyl groups is 2. The first-order chi connectivity index (χ1) is 10.2. The van der Waals surface area contributed by atoms with E-state index in [1.54, 1.807) is 0 Å². The second-order valence-electron chi connectivity index (χ2n) is 6.06. The number of hydrogen-bond acceptors (Lipinski definition) is 3. The zero-order chi connectivity index (χ0) is 15.1. The zero-order valence-corrected chi connectivity index (χ0v) is 12.5. The summed E-state index contributed by atoms with van der Waals surface area (Å²) in [5, 5.41) is 18.0. The lowest BCUT2D eigenvalue weighted by atomic mass is 9.93. The highest BCUT2D eigenvalue weighted by Gasteiger charge is 2.35. The van der Waals surface area contributed by atoms with Gasteiger partial charge in [0.1, 0.15) is 0 Å². The molecule has 21 heavy (non-hydrogen) atoms. The van der Waals surface area contributed by atoms with E-state index in [1.165, 1.54) is 5.56 Å². The monoisotopic (exact) mass is 287 g/mol. The standard InChI is InChI=1S/C18H25NO2/c19-18(14-21)11-10-17(13-18)16-8-6-15(7-9-16)5-3-1-2-4-12-20/h6-9,17,20-21H,1-2,4,10-14,19H2/t17?,18-/m1/s1. The van der Waals surface area contributed by atoms with Crippen LogP contribution >= 0.6 is 0 Å². The third kappa shape index (κ3) is 4.57. The van der Waals surface area contributed by atoms with Gasteiger partial charge in [-0.2, -0.15) is 0 Å². The van der Waals surface area contributed by atoms with E-state index in [0.717, 1.165) is 44.1 Å². The van der Waals surface area contributed by atoms with Crippen molar-refractivity contribution in [3.63, 3.8) is 0 Å². The van der Waals surface area contributed by atoms with Crippen molar-refractivity contribution in [1.29, 1.82) is 0 Å². The lowest BCUT2D eigenvalue weighted by Crippen LogP contribution is -2.40. The molecule has 1 aromatic rings. The van der Waals surface area contributed by atoms with Crippen LogP contribution in [-0.2, 0) is 0 Å². The van der Waals surface area contributed by atoms with E-state index in [0.29, 0.717) is 5.92 Å². The van der Waals surface area contributed by atoms with Crippen molar-refractivity contribution < 1.29 is 10.2 Å². The minimum absolute atomic E-state index is 0.0703. The predicted molar refractivity (Wildman–Crippen MR) is 84.9 cm³/mol. The lowest BCUT2D eigenvalue weighted by molar-refractivity contribution is 0.198. The van der Waals surface area contributed by atoms with Crippen molar-refractivity contribution in [3.05, 3.63) is 35.4 Å². The van der Waals surface area contributed by atoms with Gasteiger partial charge in [0.2, 0.25) is 0 Å². The Hall–Kier alpha value is -1.34. The molecule has 0 bridgehead atoms. The fourth-order valence-electron chi connectivity index (χ4n) is 2.91.